The molecule has 19 heavy (non-hydrogen) atoms. The van der Waals surface area contributed by atoms with E-state index < -0.39 is 11.2 Å². The minimum absolute atomic E-state index is 0.108. The summed E-state index contributed by atoms with van der Waals surface area (Å²) >= 11 is 5.72. The maximum absolute atomic E-state index is 11.8. The van der Waals surface area contributed by atoms with Gasteiger partial charge in [0.15, 0.2) is 5.78 Å². The molecular weight excluding hydrogens is 270 g/mol. The van der Waals surface area contributed by atoms with Crippen LogP contribution in [0.25, 0.3) is 0 Å². The first kappa shape index (κ1) is 13.2. The molecule has 0 spiro atoms. The van der Waals surface area contributed by atoms with E-state index >= 15 is 0 Å². The first-order chi connectivity index (χ1) is 9.06. The number of H-pyrrole nitrogens is 1. The average molecular weight is 280 g/mol. The fourth-order valence-corrected chi connectivity index (χ4v) is 1.65. The van der Waals surface area contributed by atoms with Crippen LogP contribution in [0.4, 0.5) is 0 Å². The Bertz CT molecular complexity index is 703. The number of nitrogens with one attached hydrogen (secondary N) is 1. The molecule has 0 unspecified atom stereocenters. The summed E-state index contributed by atoms with van der Waals surface area (Å²) in [6, 6.07) is 6.49. The number of rotatable bonds is 4. The molecule has 0 saturated carbocycles. The van der Waals surface area contributed by atoms with Gasteiger partial charge in [-0.25, -0.2) is 9.48 Å². The normalized spacial score (nSPS) is 10.4. The van der Waals surface area contributed by atoms with Crippen molar-refractivity contribution in [3.05, 3.63) is 61.9 Å². The molecule has 0 fully saturated rings. The number of carbonyl (C=O) groups excluding carboxylic acids is 1. The Morgan fingerprint density at radius 1 is 1.26 bits per heavy atom. The molecule has 98 valence electrons. The molecule has 0 amide bonds. The van der Waals surface area contributed by atoms with Gasteiger partial charge in [0.1, 0.15) is 6.20 Å². The second-order valence-electron chi connectivity index (χ2n) is 3.84. The fourth-order valence-electron chi connectivity index (χ4n) is 1.52. The third-order valence-electron chi connectivity index (χ3n) is 2.50. The van der Waals surface area contributed by atoms with Gasteiger partial charge in [-0.1, -0.05) is 11.6 Å². The predicted molar refractivity (Wildman–Crippen MR) is 69.5 cm³/mol. The smallest absolute Gasteiger partial charge is 0.294 e. The molecule has 1 aromatic carbocycles. The molecule has 1 N–H and O–H groups in total. The molecule has 2 aromatic rings. The second-order valence-corrected chi connectivity index (χ2v) is 4.28. The Kier molecular flexibility index (Phi) is 3.91. The summed E-state index contributed by atoms with van der Waals surface area (Å²) < 4.78 is 1.04. The summed E-state index contributed by atoms with van der Waals surface area (Å²) in [6.07, 6.45) is 1.11. The van der Waals surface area contributed by atoms with Crippen LogP contribution in [-0.4, -0.2) is 20.5 Å². The number of aryl methyl sites for hydroxylation is 1. The summed E-state index contributed by atoms with van der Waals surface area (Å²) in [6.45, 7) is 0.108. The third kappa shape index (κ3) is 3.38. The Balaban J connectivity index is 2.06. The van der Waals surface area contributed by atoms with Crippen molar-refractivity contribution in [3.63, 3.8) is 0 Å². The molecule has 0 radical (unpaired) electrons. The zero-order valence-electron chi connectivity index (χ0n) is 9.80. The van der Waals surface area contributed by atoms with Crippen molar-refractivity contribution in [3.8, 4) is 0 Å². The van der Waals surface area contributed by atoms with E-state index in [1.165, 1.54) is 0 Å². The van der Waals surface area contributed by atoms with E-state index in [0.29, 0.717) is 10.6 Å². The van der Waals surface area contributed by atoms with Gasteiger partial charge < -0.3 is 0 Å². The van der Waals surface area contributed by atoms with Gasteiger partial charge in [-0.05, 0) is 24.3 Å². The first-order valence-corrected chi connectivity index (χ1v) is 5.89. The fraction of sp³-hybridized carbons (Fsp3) is 0.167. The van der Waals surface area contributed by atoms with Crippen LogP contribution in [0.3, 0.4) is 0 Å². The molecule has 2 rings (SSSR count). The summed E-state index contributed by atoms with van der Waals surface area (Å²) in [7, 11) is 0. The lowest BCUT2D eigenvalue weighted by molar-refractivity contribution is 0.0975. The molecule has 0 atom stereocenters. The maximum atomic E-state index is 11.8. The number of aromatic nitrogens is 3. The quantitative estimate of drug-likeness (QED) is 0.841. The highest BCUT2D eigenvalue weighted by Crippen LogP contribution is 2.11. The number of aromatic amines is 1. The van der Waals surface area contributed by atoms with Crippen LogP contribution in [0.5, 0.6) is 0 Å². The van der Waals surface area contributed by atoms with E-state index in [0.717, 1.165) is 10.9 Å². The number of hydrogen-bond acceptors (Lipinski definition) is 4. The molecule has 1 aromatic heterocycles. The van der Waals surface area contributed by atoms with E-state index in [1.807, 2.05) is 0 Å². The molecule has 7 heteroatoms. The standard InChI is InChI=1S/C12H10ClN3O3/c13-9-3-1-8(2-4-9)10(17)5-6-16-12(19)15-11(18)7-14-16/h1-4,7H,5-6H2,(H,15,18,19). The van der Waals surface area contributed by atoms with E-state index in [4.69, 9.17) is 11.6 Å². The number of benzene rings is 1. The van der Waals surface area contributed by atoms with Crippen LogP contribution in [0.2, 0.25) is 5.02 Å². The summed E-state index contributed by atoms with van der Waals surface area (Å²) in [5.74, 6) is -0.128. The van der Waals surface area contributed by atoms with Crippen LogP contribution >= 0.6 is 11.6 Å². The molecule has 6 nitrogen and oxygen atoms in total. The van der Waals surface area contributed by atoms with Crippen LogP contribution in [0.15, 0.2) is 40.1 Å². The average Bonchev–Trinajstić information content (AvgIpc) is 2.38. The van der Waals surface area contributed by atoms with Gasteiger partial charge in [0.05, 0.1) is 6.54 Å². The molecule has 0 bridgehead atoms. The largest absolute Gasteiger partial charge is 0.344 e. The topological polar surface area (TPSA) is 84.8 Å². The second kappa shape index (κ2) is 5.62. The van der Waals surface area contributed by atoms with Gasteiger partial charge in [0, 0.05) is 17.0 Å². The van der Waals surface area contributed by atoms with E-state index in [1.54, 1.807) is 24.3 Å². The van der Waals surface area contributed by atoms with Crippen molar-refractivity contribution in [1.82, 2.24) is 14.8 Å². The number of Topliss-reactive ketones (excluding diaryl/α,β-unsaturated/α-hetero) is 1. The molecule has 1 heterocycles. The molecule has 0 aliphatic rings. The van der Waals surface area contributed by atoms with Gasteiger partial charge in [0.25, 0.3) is 5.56 Å². The lowest BCUT2D eigenvalue weighted by Gasteiger charge is -2.03. The predicted octanol–water partition coefficient (Wildman–Crippen LogP) is 0.858. The Morgan fingerprint density at radius 2 is 1.95 bits per heavy atom. The van der Waals surface area contributed by atoms with Gasteiger partial charge in [-0.15, -0.1) is 0 Å². The molecule has 0 saturated heterocycles. The number of halogens is 1. The molecule has 0 aliphatic heterocycles. The van der Waals surface area contributed by atoms with Crippen LogP contribution < -0.4 is 11.2 Å². The van der Waals surface area contributed by atoms with Gasteiger partial charge >= 0.3 is 5.69 Å². The minimum atomic E-state index is -0.628. The van der Waals surface area contributed by atoms with Crippen LogP contribution in [0, 0.1) is 0 Å². The van der Waals surface area contributed by atoms with Crippen molar-refractivity contribution < 1.29 is 4.79 Å². The number of hydrogen-bond donors (Lipinski definition) is 1. The lowest BCUT2D eigenvalue weighted by Crippen LogP contribution is -2.32. The molecular formula is C12H10ClN3O3. The van der Waals surface area contributed by atoms with Gasteiger partial charge in [-0.2, -0.15) is 5.10 Å². The Hall–Kier alpha value is -2.21. The molecule has 0 aliphatic carbocycles. The van der Waals surface area contributed by atoms with Crippen molar-refractivity contribution >= 4 is 17.4 Å². The highest BCUT2D eigenvalue weighted by Gasteiger charge is 2.07. The number of ketones is 1. The summed E-state index contributed by atoms with van der Waals surface area (Å²) in [4.78, 5) is 36.1. The SMILES string of the molecule is O=C(CCn1ncc(=O)[nH]c1=O)c1ccc(Cl)cc1. The summed E-state index contributed by atoms with van der Waals surface area (Å²) in [5.41, 5.74) is -0.677. The van der Waals surface area contributed by atoms with Crippen LogP contribution in [0.1, 0.15) is 16.8 Å². The lowest BCUT2D eigenvalue weighted by atomic mass is 10.1. The zero-order chi connectivity index (χ0) is 13.8. The third-order valence-corrected chi connectivity index (χ3v) is 2.75. The zero-order valence-corrected chi connectivity index (χ0v) is 10.6. The summed E-state index contributed by atoms with van der Waals surface area (Å²) in [5, 5.41) is 4.20. The van der Waals surface area contributed by atoms with E-state index in [2.05, 4.69) is 10.1 Å². The van der Waals surface area contributed by atoms with Crippen molar-refractivity contribution in [1.29, 1.82) is 0 Å². The Labute approximate surface area is 112 Å². The van der Waals surface area contributed by atoms with Crippen molar-refractivity contribution in [2.75, 3.05) is 0 Å². The van der Waals surface area contributed by atoms with Crippen molar-refractivity contribution in [2.24, 2.45) is 0 Å². The first-order valence-electron chi connectivity index (χ1n) is 5.51. The Morgan fingerprint density at radius 3 is 2.58 bits per heavy atom. The highest BCUT2D eigenvalue weighted by molar-refractivity contribution is 6.30. The van der Waals surface area contributed by atoms with Crippen molar-refractivity contribution in [2.45, 2.75) is 13.0 Å². The monoisotopic (exact) mass is 279 g/mol. The van der Waals surface area contributed by atoms with Gasteiger partial charge in [-0.3, -0.25) is 14.6 Å². The number of carbonyl (C=O) groups is 1. The van der Waals surface area contributed by atoms with Gasteiger partial charge in [0.2, 0.25) is 0 Å². The maximum Gasteiger partial charge on any atom is 0.344 e. The number of nitrogens with zero attached hydrogens (tertiary/aromatic N) is 2. The van der Waals surface area contributed by atoms with E-state index in [-0.39, 0.29) is 18.7 Å². The van der Waals surface area contributed by atoms with Crippen LogP contribution in [-0.2, 0) is 6.54 Å². The minimum Gasteiger partial charge on any atom is -0.294 e. The van der Waals surface area contributed by atoms with E-state index in [9.17, 15) is 14.4 Å². The highest BCUT2D eigenvalue weighted by atomic mass is 35.5.